The van der Waals surface area contributed by atoms with Crippen molar-refractivity contribution in [2.24, 2.45) is 0 Å². The molecule has 0 saturated heterocycles. The summed E-state index contributed by atoms with van der Waals surface area (Å²) < 4.78 is 1.93. The molecule has 0 aliphatic heterocycles. The van der Waals surface area contributed by atoms with Crippen LogP contribution in [0, 0.1) is 0 Å². The first kappa shape index (κ1) is 13.9. The van der Waals surface area contributed by atoms with E-state index in [2.05, 4.69) is 76.8 Å². The summed E-state index contributed by atoms with van der Waals surface area (Å²) in [6.07, 6.45) is 1.63. The second kappa shape index (κ2) is 5.56. The third-order valence-corrected chi connectivity index (χ3v) is 4.55. The number of benzene rings is 3. The van der Waals surface area contributed by atoms with Crippen LogP contribution in [0.25, 0.3) is 38.8 Å². The van der Waals surface area contributed by atoms with Crippen LogP contribution in [0.1, 0.15) is 0 Å². The quantitative estimate of drug-likeness (QED) is 0.446. The van der Waals surface area contributed by atoms with Crippen LogP contribution in [0.5, 0.6) is 0 Å². The fourth-order valence-electron chi connectivity index (χ4n) is 3.49. The van der Waals surface area contributed by atoms with E-state index in [0.29, 0.717) is 0 Å². The monoisotopic (exact) mass is 321 g/mol. The molecule has 25 heavy (non-hydrogen) atoms. The highest BCUT2D eigenvalue weighted by Crippen LogP contribution is 2.40. The van der Waals surface area contributed by atoms with Gasteiger partial charge in [-0.15, -0.1) is 0 Å². The summed E-state index contributed by atoms with van der Waals surface area (Å²) >= 11 is 0. The predicted octanol–water partition coefficient (Wildman–Crippen LogP) is 5.22. The summed E-state index contributed by atoms with van der Waals surface area (Å²) in [6, 6.07) is 29.3. The molecule has 0 saturated carbocycles. The maximum Gasteiger partial charge on any atom is 0.164 e. The third kappa shape index (κ3) is 2.13. The average Bonchev–Trinajstić information content (AvgIpc) is 3.18. The van der Waals surface area contributed by atoms with Gasteiger partial charge in [-0.1, -0.05) is 78.9 Å². The number of aromatic nitrogens is 3. The molecule has 5 aromatic rings. The second-order valence-corrected chi connectivity index (χ2v) is 5.99. The summed E-state index contributed by atoms with van der Waals surface area (Å²) in [5.41, 5.74) is 6.58. The van der Waals surface area contributed by atoms with Gasteiger partial charge in [-0.05, 0) is 17.2 Å². The van der Waals surface area contributed by atoms with Gasteiger partial charge >= 0.3 is 0 Å². The molecule has 2 aromatic heterocycles. The van der Waals surface area contributed by atoms with Crippen molar-refractivity contribution in [2.75, 3.05) is 0 Å². The van der Waals surface area contributed by atoms with Crippen molar-refractivity contribution in [3.8, 4) is 22.3 Å². The van der Waals surface area contributed by atoms with Crippen molar-refractivity contribution in [3.63, 3.8) is 0 Å². The van der Waals surface area contributed by atoms with E-state index in [-0.39, 0.29) is 0 Å². The topological polar surface area (TPSA) is 30.2 Å². The molecule has 5 rings (SSSR count). The molecule has 2 heterocycles. The summed E-state index contributed by atoms with van der Waals surface area (Å²) in [6.45, 7) is 0. The van der Waals surface area contributed by atoms with Crippen molar-refractivity contribution in [1.82, 2.24) is 14.6 Å². The molecule has 0 aliphatic rings. The Hall–Kier alpha value is -3.46. The van der Waals surface area contributed by atoms with Crippen molar-refractivity contribution >= 4 is 16.6 Å². The van der Waals surface area contributed by atoms with Crippen molar-refractivity contribution < 1.29 is 0 Å². The molecule has 0 N–H and O–H groups in total. The van der Waals surface area contributed by atoms with E-state index in [1.165, 1.54) is 16.5 Å². The van der Waals surface area contributed by atoms with Crippen molar-refractivity contribution in [2.45, 2.75) is 0 Å². The standard InChI is InChI=1S/C22H15N3/c1-3-9-16(10-4-1)20-18-13-7-8-14-19(18)25-22(23-15-24-25)21(20)17-11-5-2-6-12-17/h1-15H. The summed E-state index contributed by atoms with van der Waals surface area (Å²) in [7, 11) is 0. The molecule has 0 bridgehead atoms. The molecule has 118 valence electrons. The Morgan fingerprint density at radius 1 is 0.600 bits per heavy atom. The van der Waals surface area contributed by atoms with Gasteiger partial charge in [0.05, 0.1) is 5.52 Å². The van der Waals surface area contributed by atoms with Gasteiger partial charge in [0.1, 0.15) is 6.33 Å². The summed E-state index contributed by atoms with van der Waals surface area (Å²) in [5.74, 6) is 0. The van der Waals surface area contributed by atoms with E-state index in [0.717, 1.165) is 22.3 Å². The Kier molecular flexibility index (Phi) is 3.10. The number of hydrogen-bond donors (Lipinski definition) is 0. The van der Waals surface area contributed by atoms with Crippen LogP contribution in [-0.4, -0.2) is 14.6 Å². The lowest BCUT2D eigenvalue weighted by atomic mass is 9.92. The summed E-state index contributed by atoms with van der Waals surface area (Å²) in [5, 5.41) is 5.65. The molecular weight excluding hydrogens is 306 g/mol. The molecule has 0 atom stereocenters. The Labute approximate surface area is 145 Å². The molecular formula is C22H15N3. The van der Waals surface area contributed by atoms with Gasteiger partial charge in [-0.25, -0.2) is 9.50 Å². The number of hydrogen-bond acceptors (Lipinski definition) is 2. The van der Waals surface area contributed by atoms with Crippen LogP contribution < -0.4 is 0 Å². The zero-order valence-electron chi connectivity index (χ0n) is 13.5. The van der Waals surface area contributed by atoms with E-state index in [4.69, 9.17) is 0 Å². The first-order valence-electron chi connectivity index (χ1n) is 8.29. The maximum atomic E-state index is 4.58. The Morgan fingerprint density at radius 2 is 1.20 bits per heavy atom. The minimum Gasteiger partial charge on any atom is -0.215 e. The fraction of sp³-hybridized carbons (Fsp3) is 0. The highest BCUT2D eigenvalue weighted by Gasteiger charge is 2.18. The van der Waals surface area contributed by atoms with Crippen LogP contribution in [0.4, 0.5) is 0 Å². The summed E-state index contributed by atoms with van der Waals surface area (Å²) in [4.78, 5) is 4.58. The molecule has 3 nitrogen and oxygen atoms in total. The van der Waals surface area contributed by atoms with E-state index >= 15 is 0 Å². The lowest BCUT2D eigenvalue weighted by Crippen LogP contribution is -1.97. The maximum absolute atomic E-state index is 4.58. The minimum atomic E-state index is 0.878. The lowest BCUT2D eigenvalue weighted by molar-refractivity contribution is 1.00. The van der Waals surface area contributed by atoms with Gasteiger partial charge in [0.25, 0.3) is 0 Å². The van der Waals surface area contributed by atoms with Crippen LogP contribution >= 0.6 is 0 Å². The average molecular weight is 321 g/mol. The SMILES string of the molecule is c1ccc(-c2c(-c3ccccc3)c3ncnn3c3ccccc23)cc1. The van der Waals surface area contributed by atoms with Gasteiger partial charge in [0, 0.05) is 16.5 Å². The Balaban J connectivity index is 2.04. The molecule has 0 fully saturated rings. The molecule has 0 aliphatic carbocycles. The second-order valence-electron chi connectivity index (χ2n) is 5.99. The number of para-hydroxylation sites is 1. The Bertz CT molecular complexity index is 1180. The normalized spacial score (nSPS) is 11.2. The van der Waals surface area contributed by atoms with Gasteiger partial charge in [-0.2, -0.15) is 5.10 Å². The number of rotatable bonds is 2. The zero-order valence-corrected chi connectivity index (χ0v) is 13.5. The van der Waals surface area contributed by atoms with Gasteiger partial charge in [-0.3, -0.25) is 0 Å². The van der Waals surface area contributed by atoms with E-state index in [1.807, 2.05) is 22.7 Å². The minimum absolute atomic E-state index is 0.878. The molecule has 0 unspecified atom stereocenters. The van der Waals surface area contributed by atoms with E-state index in [1.54, 1.807) is 6.33 Å². The van der Waals surface area contributed by atoms with Gasteiger partial charge in [0.2, 0.25) is 0 Å². The fourth-order valence-corrected chi connectivity index (χ4v) is 3.49. The highest BCUT2D eigenvalue weighted by atomic mass is 15.3. The number of nitrogens with zero attached hydrogens (tertiary/aromatic N) is 3. The Morgan fingerprint density at radius 3 is 1.92 bits per heavy atom. The zero-order chi connectivity index (χ0) is 16.6. The smallest absolute Gasteiger partial charge is 0.164 e. The highest BCUT2D eigenvalue weighted by molar-refractivity contribution is 6.07. The van der Waals surface area contributed by atoms with Crippen LogP contribution in [-0.2, 0) is 0 Å². The third-order valence-electron chi connectivity index (χ3n) is 4.55. The van der Waals surface area contributed by atoms with Crippen molar-refractivity contribution in [1.29, 1.82) is 0 Å². The first-order chi connectivity index (χ1) is 12.4. The van der Waals surface area contributed by atoms with Crippen LogP contribution in [0.2, 0.25) is 0 Å². The molecule has 0 amide bonds. The largest absolute Gasteiger partial charge is 0.215 e. The van der Waals surface area contributed by atoms with E-state index < -0.39 is 0 Å². The molecule has 0 radical (unpaired) electrons. The molecule has 3 aromatic carbocycles. The van der Waals surface area contributed by atoms with Crippen LogP contribution in [0.3, 0.4) is 0 Å². The van der Waals surface area contributed by atoms with Gasteiger partial charge in [0.15, 0.2) is 5.65 Å². The number of pyridine rings is 1. The number of fused-ring (bicyclic) bond motifs is 3. The van der Waals surface area contributed by atoms with Gasteiger partial charge < -0.3 is 0 Å². The molecule has 0 spiro atoms. The van der Waals surface area contributed by atoms with E-state index in [9.17, 15) is 0 Å². The first-order valence-corrected chi connectivity index (χ1v) is 8.29. The van der Waals surface area contributed by atoms with Crippen molar-refractivity contribution in [3.05, 3.63) is 91.3 Å². The lowest BCUT2D eigenvalue weighted by Gasteiger charge is -2.15. The van der Waals surface area contributed by atoms with Crippen LogP contribution in [0.15, 0.2) is 91.3 Å². The molecule has 3 heteroatoms. The predicted molar refractivity (Wildman–Crippen MR) is 101 cm³/mol.